The van der Waals surface area contributed by atoms with E-state index in [1.54, 1.807) is 29.6 Å². The van der Waals surface area contributed by atoms with Gasteiger partial charge in [-0.15, -0.1) is 11.6 Å². The first kappa shape index (κ1) is 17.9. The normalized spacial score (nSPS) is 11.7. The van der Waals surface area contributed by atoms with Crippen molar-refractivity contribution in [2.45, 2.75) is 20.0 Å². The molecule has 3 aromatic heterocycles. The molecule has 0 N–H and O–H groups in total. The Kier molecular flexibility index (Phi) is 4.36. The Balaban J connectivity index is 2.03. The largest absolute Gasteiger partial charge is 0.332 e. The Hall–Kier alpha value is -2.51. The molecular formula is C18H17Cl2N5O2. The van der Waals surface area contributed by atoms with Gasteiger partial charge in [-0.25, -0.2) is 4.79 Å². The van der Waals surface area contributed by atoms with Crippen LogP contribution in [0.25, 0.3) is 16.9 Å². The van der Waals surface area contributed by atoms with E-state index in [0.29, 0.717) is 40.0 Å². The van der Waals surface area contributed by atoms with Crippen molar-refractivity contribution in [1.82, 2.24) is 23.1 Å². The molecule has 4 rings (SSSR count). The van der Waals surface area contributed by atoms with Gasteiger partial charge in [0.2, 0.25) is 5.78 Å². The molecule has 9 heteroatoms. The van der Waals surface area contributed by atoms with Gasteiger partial charge in [0.15, 0.2) is 11.2 Å². The van der Waals surface area contributed by atoms with E-state index in [4.69, 9.17) is 23.2 Å². The van der Waals surface area contributed by atoms with Crippen LogP contribution < -0.4 is 11.2 Å². The van der Waals surface area contributed by atoms with Gasteiger partial charge in [-0.1, -0.05) is 29.8 Å². The number of aromatic nitrogens is 5. The monoisotopic (exact) mass is 405 g/mol. The second kappa shape index (κ2) is 6.58. The highest BCUT2D eigenvalue weighted by Crippen LogP contribution is 2.18. The Morgan fingerprint density at radius 3 is 2.59 bits per heavy atom. The molecule has 0 aliphatic carbocycles. The van der Waals surface area contributed by atoms with E-state index in [2.05, 4.69) is 4.98 Å². The van der Waals surface area contributed by atoms with Crippen molar-refractivity contribution in [3.63, 3.8) is 0 Å². The van der Waals surface area contributed by atoms with Crippen LogP contribution in [0.1, 0.15) is 11.3 Å². The molecule has 1 aromatic carbocycles. The highest BCUT2D eigenvalue weighted by molar-refractivity contribution is 6.31. The smallest absolute Gasteiger partial charge is 0.313 e. The lowest BCUT2D eigenvalue weighted by molar-refractivity contribution is 0.656. The third kappa shape index (κ3) is 2.69. The summed E-state index contributed by atoms with van der Waals surface area (Å²) >= 11 is 12.1. The average molecular weight is 406 g/mol. The van der Waals surface area contributed by atoms with Crippen LogP contribution >= 0.6 is 23.2 Å². The van der Waals surface area contributed by atoms with Crippen molar-refractivity contribution in [1.29, 1.82) is 0 Å². The second-order valence-electron chi connectivity index (χ2n) is 6.39. The van der Waals surface area contributed by atoms with E-state index in [1.807, 2.05) is 23.8 Å². The SMILES string of the molecule is Cc1cn2c3c(=O)n(Cc4ccccc4Cl)c(=O)n(C)c3nc2n1CCCl. The predicted molar refractivity (Wildman–Crippen MR) is 106 cm³/mol. The fourth-order valence-corrected chi connectivity index (χ4v) is 3.72. The quantitative estimate of drug-likeness (QED) is 0.489. The maximum Gasteiger partial charge on any atom is 0.332 e. The number of hydrogen-bond acceptors (Lipinski definition) is 3. The number of halogens is 2. The minimum Gasteiger partial charge on any atom is -0.313 e. The Morgan fingerprint density at radius 2 is 1.89 bits per heavy atom. The van der Waals surface area contributed by atoms with Crippen LogP contribution in [0.2, 0.25) is 5.02 Å². The van der Waals surface area contributed by atoms with Gasteiger partial charge >= 0.3 is 5.69 Å². The number of rotatable bonds is 4. The highest BCUT2D eigenvalue weighted by Gasteiger charge is 2.20. The zero-order valence-electron chi connectivity index (χ0n) is 14.8. The molecule has 0 saturated carbocycles. The summed E-state index contributed by atoms with van der Waals surface area (Å²) in [5, 5.41) is 0.508. The number of aryl methyl sites for hydroxylation is 3. The fourth-order valence-electron chi connectivity index (χ4n) is 3.35. The topological polar surface area (TPSA) is 66.2 Å². The molecule has 7 nitrogen and oxygen atoms in total. The van der Waals surface area contributed by atoms with Gasteiger partial charge in [0.25, 0.3) is 5.56 Å². The van der Waals surface area contributed by atoms with E-state index in [0.717, 1.165) is 5.69 Å². The maximum atomic E-state index is 13.2. The van der Waals surface area contributed by atoms with Gasteiger partial charge < -0.3 is 4.57 Å². The van der Waals surface area contributed by atoms with Gasteiger partial charge in [-0.3, -0.25) is 18.3 Å². The van der Waals surface area contributed by atoms with Crippen LogP contribution in [-0.4, -0.2) is 29.0 Å². The Morgan fingerprint density at radius 1 is 1.15 bits per heavy atom. The summed E-state index contributed by atoms with van der Waals surface area (Å²) < 4.78 is 6.23. The number of nitrogens with zero attached hydrogens (tertiary/aromatic N) is 5. The second-order valence-corrected chi connectivity index (χ2v) is 7.17. The Bertz CT molecular complexity index is 1300. The average Bonchev–Trinajstić information content (AvgIpc) is 3.15. The lowest BCUT2D eigenvalue weighted by atomic mass is 10.2. The summed E-state index contributed by atoms with van der Waals surface area (Å²) in [6, 6.07) is 7.16. The van der Waals surface area contributed by atoms with Crippen LogP contribution in [0.4, 0.5) is 0 Å². The van der Waals surface area contributed by atoms with Gasteiger partial charge in [-0.2, -0.15) is 4.98 Å². The Labute approximate surface area is 164 Å². The summed E-state index contributed by atoms with van der Waals surface area (Å²) in [5.41, 5.74) is 1.51. The molecule has 140 valence electrons. The number of benzene rings is 1. The van der Waals surface area contributed by atoms with Crippen molar-refractivity contribution < 1.29 is 0 Å². The molecule has 0 fully saturated rings. The molecule has 0 unspecified atom stereocenters. The minimum absolute atomic E-state index is 0.0930. The van der Waals surface area contributed by atoms with E-state index < -0.39 is 11.2 Å². The number of hydrogen-bond donors (Lipinski definition) is 0. The van der Waals surface area contributed by atoms with Crippen molar-refractivity contribution in [2.75, 3.05) is 5.88 Å². The van der Waals surface area contributed by atoms with Crippen LogP contribution in [0.5, 0.6) is 0 Å². The third-order valence-corrected chi connectivity index (χ3v) is 5.27. The maximum absolute atomic E-state index is 13.2. The molecule has 0 aliphatic heterocycles. The summed E-state index contributed by atoms with van der Waals surface area (Å²) in [6.07, 6.45) is 1.84. The molecule has 3 heterocycles. The fraction of sp³-hybridized carbons (Fsp3) is 0.278. The van der Waals surface area contributed by atoms with Crippen molar-refractivity contribution >= 4 is 40.1 Å². The minimum atomic E-state index is -0.436. The van der Waals surface area contributed by atoms with E-state index >= 15 is 0 Å². The molecule has 0 spiro atoms. The zero-order valence-corrected chi connectivity index (χ0v) is 16.3. The number of fused-ring (bicyclic) bond motifs is 3. The van der Waals surface area contributed by atoms with Crippen LogP contribution in [0, 0.1) is 6.92 Å². The summed E-state index contributed by atoms with van der Waals surface area (Å²) in [6.45, 7) is 2.59. The van der Waals surface area contributed by atoms with Crippen LogP contribution in [0.15, 0.2) is 40.1 Å². The molecule has 4 aromatic rings. The molecule has 0 amide bonds. The van der Waals surface area contributed by atoms with Gasteiger partial charge in [0, 0.05) is 36.4 Å². The first-order chi connectivity index (χ1) is 12.9. The third-order valence-electron chi connectivity index (χ3n) is 4.73. The summed E-state index contributed by atoms with van der Waals surface area (Å²) in [4.78, 5) is 30.5. The van der Waals surface area contributed by atoms with E-state index in [1.165, 1.54) is 9.13 Å². The molecule has 0 bridgehead atoms. The van der Waals surface area contributed by atoms with Gasteiger partial charge in [0.1, 0.15) is 0 Å². The molecule has 27 heavy (non-hydrogen) atoms. The molecule has 0 aliphatic rings. The molecule has 0 radical (unpaired) electrons. The summed E-state index contributed by atoms with van der Waals surface area (Å²) in [7, 11) is 1.61. The highest BCUT2D eigenvalue weighted by atomic mass is 35.5. The number of alkyl halides is 1. The lowest BCUT2D eigenvalue weighted by Crippen LogP contribution is -2.39. The lowest BCUT2D eigenvalue weighted by Gasteiger charge is -2.09. The zero-order chi connectivity index (χ0) is 19.3. The first-order valence-electron chi connectivity index (χ1n) is 8.41. The summed E-state index contributed by atoms with van der Waals surface area (Å²) in [5.74, 6) is 1.01. The van der Waals surface area contributed by atoms with E-state index in [9.17, 15) is 9.59 Å². The van der Waals surface area contributed by atoms with Gasteiger partial charge in [-0.05, 0) is 18.6 Å². The molecular weight excluding hydrogens is 389 g/mol. The van der Waals surface area contributed by atoms with Crippen molar-refractivity contribution in [3.8, 4) is 0 Å². The number of imidazole rings is 2. The predicted octanol–water partition coefficient (Wildman–Crippen LogP) is 2.40. The molecule has 0 atom stereocenters. The van der Waals surface area contributed by atoms with E-state index in [-0.39, 0.29) is 6.54 Å². The van der Waals surface area contributed by atoms with Crippen molar-refractivity contribution in [2.24, 2.45) is 7.05 Å². The van der Waals surface area contributed by atoms with Gasteiger partial charge in [0.05, 0.1) is 6.54 Å². The standard InChI is InChI=1S/C18H17Cl2N5O2/c1-11-9-24-14-15(21-17(24)23(11)8-7-19)22(2)18(27)25(16(14)26)10-12-5-3-4-6-13(12)20/h3-6,9H,7-8,10H2,1-2H3. The van der Waals surface area contributed by atoms with Crippen LogP contribution in [0.3, 0.4) is 0 Å². The molecule has 0 saturated heterocycles. The van der Waals surface area contributed by atoms with Crippen molar-refractivity contribution in [3.05, 3.63) is 67.6 Å². The van der Waals surface area contributed by atoms with Crippen LogP contribution in [-0.2, 0) is 20.1 Å². The first-order valence-corrected chi connectivity index (χ1v) is 9.32.